The van der Waals surface area contributed by atoms with Gasteiger partial charge in [-0.25, -0.2) is 9.50 Å². The molecule has 2 aromatic heterocycles. The molecule has 2 rings (SSSR count). The molecule has 0 saturated heterocycles. The summed E-state index contributed by atoms with van der Waals surface area (Å²) in [5, 5.41) is 4.64. The Balaban J connectivity index is 2.88. The maximum Gasteiger partial charge on any atom is 0.178 e. The Hall–Kier alpha value is -1.29. The van der Waals surface area contributed by atoms with Crippen LogP contribution in [0.1, 0.15) is 5.82 Å². The lowest BCUT2D eigenvalue weighted by atomic mass is 10.4. The van der Waals surface area contributed by atoms with E-state index < -0.39 is 0 Å². The van der Waals surface area contributed by atoms with Crippen molar-refractivity contribution in [3.05, 3.63) is 23.1 Å². The number of aryl methyl sites for hydroxylation is 1. The lowest BCUT2D eigenvalue weighted by Gasteiger charge is -1.95. The number of hydrogen-bond donors (Lipinski definition) is 1. The minimum Gasteiger partial charge on any atom is -0.396 e. The van der Waals surface area contributed by atoms with Gasteiger partial charge < -0.3 is 5.73 Å². The van der Waals surface area contributed by atoms with Crippen LogP contribution in [0.2, 0.25) is 5.02 Å². The van der Waals surface area contributed by atoms with Gasteiger partial charge in [0.1, 0.15) is 5.82 Å². The van der Waals surface area contributed by atoms with E-state index in [2.05, 4.69) is 10.1 Å². The normalized spacial score (nSPS) is 10.8. The number of nitrogen functional groups attached to an aromatic ring is 1. The molecule has 0 aliphatic heterocycles. The van der Waals surface area contributed by atoms with Gasteiger partial charge in [-0.05, 0) is 13.0 Å². The zero-order chi connectivity index (χ0) is 8.72. The summed E-state index contributed by atoms with van der Waals surface area (Å²) in [4.78, 5) is 4.12. The number of rotatable bonds is 0. The monoisotopic (exact) mass is 182 g/mol. The zero-order valence-electron chi connectivity index (χ0n) is 6.45. The number of halogens is 1. The SMILES string of the molecule is Cc1nc2c(N)cc(Cl)cn2n1. The Morgan fingerprint density at radius 1 is 1.58 bits per heavy atom. The third-order valence-corrected chi connectivity index (χ3v) is 1.74. The second-order valence-electron chi connectivity index (χ2n) is 2.54. The quantitative estimate of drug-likeness (QED) is 0.668. The third-order valence-electron chi connectivity index (χ3n) is 1.53. The zero-order valence-corrected chi connectivity index (χ0v) is 7.21. The largest absolute Gasteiger partial charge is 0.396 e. The number of fused-ring (bicyclic) bond motifs is 1. The van der Waals surface area contributed by atoms with E-state index in [9.17, 15) is 0 Å². The van der Waals surface area contributed by atoms with Crippen LogP contribution in [0.5, 0.6) is 0 Å². The Kier molecular flexibility index (Phi) is 1.44. The molecule has 0 unspecified atom stereocenters. The highest BCUT2D eigenvalue weighted by Crippen LogP contribution is 2.16. The topological polar surface area (TPSA) is 56.2 Å². The van der Waals surface area contributed by atoms with E-state index in [1.807, 2.05) is 0 Å². The van der Waals surface area contributed by atoms with Crippen molar-refractivity contribution in [2.24, 2.45) is 0 Å². The molecule has 0 saturated carbocycles. The molecule has 0 aliphatic carbocycles. The molecule has 0 bridgehead atoms. The van der Waals surface area contributed by atoms with Crippen LogP contribution in [-0.2, 0) is 0 Å². The van der Waals surface area contributed by atoms with Gasteiger partial charge in [0.25, 0.3) is 0 Å². The summed E-state index contributed by atoms with van der Waals surface area (Å²) in [6.07, 6.45) is 1.67. The summed E-state index contributed by atoms with van der Waals surface area (Å²) in [6, 6.07) is 1.66. The Bertz CT molecular complexity index is 434. The third kappa shape index (κ3) is 1.00. The van der Waals surface area contributed by atoms with Crippen molar-refractivity contribution in [3.8, 4) is 0 Å². The lowest BCUT2D eigenvalue weighted by molar-refractivity contribution is 0.932. The van der Waals surface area contributed by atoms with Gasteiger partial charge >= 0.3 is 0 Å². The Morgan fingerprint density at radius 2 is 2.33 bits per heavy atom. The summed E-state index contributed by atoms with van der Waals surface area (Å²) in [5.74, 6) is 0.684. The van der Waals surface area contributed by atoms with Gasteiger partial charge in [-0.15, -0.1) is 0 Å². The van der Waals surface area contributed by atoms with E-state index in [1.54, 1.807) is 23.7 Å². The number of nitrogens with two attached hydrogens (primary N) is 1. The van der Waals surface area contributed by atoms with Gasteiger partial charge in [-0.3, -0.25) is 0 Å². The lowest BCUT2D eigenvalue weighted by Crippen LogP contribution is -1.93. The Labute approximate surface area is 74.0 Å². The van der Waals surface area contributed by atoms with E-state index in [-0.39, 0.29) is 0 Å². The maximum absolute atomic E-state index is 5.76. The van der Waals surface area contributed by atoms with E-state index in [4.69, 9.17) is 17.3 Å². The molecule has 4 nitrogen and oxygen atoms in total. The van der Waals surface area contributed by atoms with Crippen molar-refractivity contribution in [2.45, 2.75) is 6.92 Å². The molecule has 62 valence electrons. The van der Waals surface area contributed by atoms with Crippen molar-refractivity contribution >= 4 is 22.9 Å². The highest BCUT2D eigenvalue weighted by atomic mass is 35.5. The van der Waals surface area contributed by atoms with Gasteiger partial charge in [-0.2, -0.15) is 5.10 Å². The first-order chi connectivity index (χ1) is 5.66. The molecule has 2 heterocycles. The van der Waals surface area contributed by atoms with Gasteiger partial charge in [0, 0.05) is 6.20 Å². The van der Waals surface area contributed by atoms with E-state index >= 15 is 0 Å². The number of aromatic nitrogens is 3. The van der Waals surface area contributed by atoms with Crippen molar-refractivity contribution < 1.29 is 0 Å². The average Bonchev–Trinajstić information content (AvgIpc) is 2.29. The number of pyridine rings is 1. The minimum atomic E-state index is 0.545. The molecule has 0 fully saturated rings. The second kappa shape index (κ2) is 2.35. The molecule has 0 radical (unpaired) electrons. The van der Waals surface area contributed by atoms with Crippen LogP contribution in [0, 0.1) is 6.92 Å². The minimum absolute atomic E-state index is 0.545. The van der Waals surface area contributed by atoms with Crippen molar-refractivity contribution in [1.29, 1.82) is 0 Å². The molecule has 0 aliphatic rings. The standard InChI is InChI=1S/C7H7ClN4/c1-4-10-7-6(9)2-5(8)3-12(7)11-4/h2-3H,9H2,1H3. The first-order valence-corrected chi connectivity index (χ1v) is 3.82. The predicted molar refractivity (Wildman–Crippen MR) is 47.1 cm³/mol. The van der Waals surface area contributed by atoms with Crippen LogP contribution in [-0.4, -0.2) is 14.6 Å². The van der Waals surface area contributed by atoms with Gasteiger partial charge in [-0.1, -0.05) is 11.6 Å². The highest BCUT2D eigenvalue weighted by Gasteiger charge is 2.03. The van der Waals surface area contributed by atoms with E-state index in [1.165, 1.54) is 0 Å². The number of nitrogens with zero attached hydrogens (tertiary/aromatic N) is 3. The van der Waals surface area contributed by atoms with Gasteiger partial charge in [0.05, 0.1) is 10.7 Å². The fourth-order valence-electron chi connectivity index (χ4n) is 1.08. The first kappa shape index (κ1) is 7.36. The molecule has 0 spiro atoms. The Morgan fingerprint density at radius 3 is 3.08 bits per heavy atom. The van der Waals surface area contributed by atoms with Crippen LogP contribution >= 0.6 is 11.6 Å². The van der Waals surface area contributed by atoms with Crippen LogP contribution in [0.25, 0.3) is 5.65 Å². The molecule has 0 amide bonds. The van der Waals surface area contributed by atoms with Crippen molar-refractivity contribution in [2.75, 3.05) is 5.73 Å². The van der Waals surface area contributed by atoms with E-state index in [0.29, 0.717) is 22.2 Å². The average molecular weight is 183 g/mol. The summed E-state index contributed by atoms with van der Waals surface area (Å²) >= 11 is 5.76. The van der Waals surface area contributed by atoms with Crippen molar-refractivity contribution in [1.82, 2.24) is 14.6 Å². The second-order valence-corrected chi connectivity index (χ2v) is 2.98. The van der Waals surface area contributed by atoms with Crippen LogP contribution in [0.15, 0.2) is 12.3 Å². The molecular formula is C7H7ClN4. The van der Waals surface area contributed by atoms with Gasteiger partial charge in [0.2, 0.25) is 0 Å². The summed E-state index contributed by atoms with van der Waals surface area (Å²) in [5.41, 5.74) is 6.86. The summed E-state index contributed by atoms with van der Waals surface area (Å²) < 4.78 is 1.58. The molecule has 2 N–H and O–H groups in total. The summed E-state index contributed by atoms with van der Waals surface area (Å²) in [6.45, 7) is 1.81. The summed E-state index contributed by atoms with van der Waals surface area (Å²) in [7, 11) is 0. The van der Waals surface area contributed by atoms with Crippen LogP contribution < -0.4 is 5.73 Å². The molecule has 2 aromatic rings. The fraction of sp³-hybridized carbons (Fsp3) is 0.143. The van der Waals surface area contributed by atoms with E-state index in [0.717, 1.165) is 0 Å². The molecule has 12 heavy (non-hydrogen) atoms. The number of anilines is 1. The molecule has 0 aromatic carbocycles. The van der Waals surface area contributed by atoms with Gasteiger partial charge in [0.15, 0.2) is 5.65 Å². The maximum atomic E-state index is 5.76. The molecule has 5 heteroatoms. The fourth-order valence-corrected chi connectivity index (χ4v) is 1.29. The number of hydrogen-bond acceptors (Lipinski definition) is 3. The molecular weight excluding hydrogens is 176 g/mol. The predicted octanol–water partition coefficient (Wildman–Crippen LogP) is 1.27. The van der Waals surface area contributed by atoms with Crippen molar-refractivity contribution in [3.63, 3.8) is 0 Å². The highest BCUT2D eigenvalue weighted by molar-refractivity contribution is 6.30. The first-order valence-electron chi connectivity index (χ1n) is 3.45. The molecule has 0 atom stereocenters. The van der Waals surface area contributed by atoms with Crippen LogP contribution in [0.3, 0.4) is 0 Å². The van der Waals surface area contributed by atoms with Crippen LogP contribution in [0.4, 0.5) is 5.69 Å². The smallest absolute Gasteiger partial charge is 0.178 e.